The molecule has 1 N–H and O–H groups in total. The molecule has 26 heavy (non-hydrogen) atoms. The van der Waals surface area contributed by atoms with E-state index in [9.17, 15) is 0 Å². The van der Waals surface area contributed by atoms with Gasteiger partial charge in [-0.15, -0.1) is 21.5 Å². The van der Waals surface area contributed by atoms with Crippen molar-refractivity contribution in [2.45, 2.75) is 26.3 Å². The Morgan fingerprint density at radius 3 is 2.81 bits per heavy atom. The molecular formula is C19H20N6S. The van der Waals surface area contributed by atoms with Crippen LogP contribution >= 0.6 is 11.3 Å². The average molecular weight is 364 g/mol. The van der Waals surface area contributed by atoms with Crippen LogP contribution in [0.3, 0.4) is 0 Å². The topological polar surface area (TPSA) is 68.5 Å². The largest absolute Gasteiger partial charge is 0.369 e. The number of fused-ring (bicyclic) bond motifs is 1. The average Bonchev–Trinajstić information content (AvgIpc) is 3.30. The van der Waals surface area contributed by atoms with E-state index in [2.05, 4.69) is 73.5 Å². The van der Waals surface area contributed by atoms with Crippen LogP contribution in [0.2, 0.25) is 0 Å². The number of aromatic nitrogens is 5. The molecule has 7 heteroatoms. The molecule has 0 aliphatic carbocycles. The normalized spacial score (nSPS) is 11.3. The van der Waals surface area contributed by atoms with E-state index >= 15 is 0 Å². The van der Waals surface area contributed by atoms with Crippen molar-refractivity contribution in [3.63, 3.8) is 0 Å². The highest BCUT2D eigenvalue weighted by molar-refractivity contribution is 7.17. The molecule has 0 spiro atoms. The maximum absolute atomic E-state index is 4.48. The predicted octanol–water partition coefficient (Wildman–Crippen LogP) is 4.19. The van der Waals surface area contributed by atoms with Crippen LogP contribution < -0.4 is 5.32 Å². The van der Waals surface area contributed by atoms with E-state index in [-0.39, 0.29) is 0 Å². The van der Waals surface area contributed by atoms with Crippen molar-refractivity contribution in [1.82, 2.24) is 24.7 Å². The number of hydrogen-bond donors (Lipinski definition) is 1. The van der Waals surface area contributed by atoms with Crippen LogP contribution in [0, 0.1) is 0 Å². The lowest BCUT2D eigenvalue weighted by molar-refractivity contribution is 0.568. The van der Waals surface area contributed by atoms with Gasteiger partial charge in [0.25, 0.3) is 0 Å². The molecule has 0 amide bonds. The van der Waals surface area contributed by atoms with Gasteiger partial charge < -0.3 is 9.88 Å². The molecule has 1 aromatic carbocycles. The highest BCUT2D eigenvalue weighted by Gasteiger charge is 2.13. The minimum Gasteiger partial charge on any atom is -0.369 e. The minimum atomic E-state index is 0.354. The van der Waals surface area contributed by atoms with E-state index in [0.29, 0.717) is 6.04 Å². The number of nitrogens with one attached hydrogen (secondary N) is 1. The second kappa shape index (κ2) is 7.21. The number of hydrogen-bond acceptors (Lipinski definition) is 6. The Kier molecular flexibility index (Phi) is 4.62. The SMILES string of the molecule is CC(C)n1cnnc1CCNc1ncnc2scc(-c3ccccc3)c12. The van der Waals surface area contributed by atoms with Crippen molar-refractivity contribution in [2.75, 3.05) is 11.9 Å². The van der Waals surface area contributed by atoms with Crippen LogP contribution in [0.4, 0.5) is 5.82 Å². The fourth-order valence-corrected chi connectivity index (χ4v) is 3.92. The summed E-state index contributed by atoms with van der Waals surface area (Å²) < 4.78 is 2.09. The third-order valence-corrected chi connectivity index (χ3v) is 5.19. The van der Waals surface area contributed by atoms with Crippen molar-refractivity contribution in [2.24, 2.45) is 0 Å². The van der Waals surface area contributed by atoms with Gasteiger partial charge in [0.2, 0.25) is 0 Å². The smallest absolute Gasteiger partial charge is 0.138 e. The lowest BCUT2D eigenvalue weighted by Gasteiger charge is -2.11. The third-order valence-electron chi connectivity index (χ3n) is 4.30. The van der Waals surface area contributed by atoms with Crippen molar-refractivity contribution >= 4 is 27.4 Å². The molecule has 4 rings (SSSR count). The standard InChI is InChI=1S/C19H20N6S/c1-13(2)25-12-23-24-16(25)8-9-20-18-17-15(14-6-4-3-5-7-14)10-26-19(17)22-11-21-18/h3-7,10-13H,8-9H2,1-2H3,(H,20,21,22). The Hall–Kier alpha value is -2.80. The summed E-state index contributed by atoms with van der Waals surface area (Å²) in [6, 6.07) is 10.7. The van der Waals surface area contributed by atoms with Crippen molar-refractivity contribution in [3.8, 4) is 11.1 Å². The number of thiophene rings is 1. The maximum Gasteiger partial charge on any atom is 0.138 e. The van der Waals surface area contributed by atoms with Gasteiger partial charge in [0, 0.05) is 30.0 Å². The summed E-state index contributed by atoms with van der Waals surface area (Å²) in [5, 5.41) is 14.9. The summed E-state index contributed by atoms with van der Waals surface area (Å²) in [7, 11) is 0. The molecule has 0 radical (unpaired) electrons. The summed E-state index contributed by atoms with van der Waals surface area (Å²) in [6.45, 7) is 5.00. The number of benzene rings is 1. The van der Waals surface area contributed by atoms with E-state index in [1.54, 1.807) is 24.0 Å². The van der Waals surface area contributed by atoms with Crippen LogP contribution in [0.15, 0.2) is 48.4 Å². The maximum atomic E-state index is 4.48. The van der Waals surface area contributed by atoms with Gasteiger partial charge in [-0.3, -0.25) is 0 Å². The molecule has 0 bridgehead atoms. The molecule has 132 valence electrons. The molecule has 0 fully saturated rings. The first-order chi connectivity index (χ1) is 12.7. The zero-order valence-corrected chi connectivity index (χ0v) is 15.6. The van der Waals surface area contributed by atoms with Gasteiger partial charge in [0.05, 0.1) is 5.39 Å². The quantitative estimate of drug-likeness (QED) is 0.556. The first-order valence-corrected chi connectivity index (χ1v) is 9.52. The second-order valence-electron chi connectivity index (χ2n) is 6.34. The zero-order valence-electron chi connectivity index (χ0n) is 14.8. The lowest BCUT2D eigenvalue weighted by Crippen LogP contribution is -2.12. The Morgan fingerprint density at radius 2 is 2.00 bits per heavy atom. The van der Waals surface area contributed by atoms with Crippen LogP contribution in [0.1, 0.15) is 25.7 Å². The first kappa shape index (κ1) is 16.7. The monoisotopic (exact) mass is 364 g/mol. The highest BCUT2D eigenvalue weighted by atomic mass is 32.1. The van der Waals surface area contributed by atoms with E-state index in [1.165, 1.54) is 11.1 Å². The van der Waals surface area contributed by atoms with Crippen molar-refractivity contribution in [1.29, 1.82) is 0 Å². The first-order valence-electron chi connectivity index (χ1n) is 8.64. The van der Waals surface area contributed by atoms with Crippen molar-refractivity contribution in [3.05, 3.63) is 54.2 Å². The Balaban J connectivity index is 1.59. The molecule has 3 aromatic heterocycles. The fraction of sp³-hybridized carbons (Fsp3) is 0.263. The van der Waals surface area contributed by atoms with Gasteiger partial charge in [0.15, 0.2) is 0 Å². The summed E-state index contributed by atoms with van der Waals surface area (Å²) in [5.74, 6) is 1.84. The van der Waals surface area contributed by atoms with Gasteiger partial charge >= 0.3 is 0 Å². The second-order valence-corrected chi connectivity index (χ2v) is 7.20. The van der Waals surface area contributed by atoms with E-state index in [0.717, 1.165) is 34.8 Å². The van der Waals surface area contributed by atoms with Gasteiger partial charge in [-0.1, -0.05) is 30.3 Å². The summed E-state index contributed by atoms with van der Waals surface area (Å²) in [4.78, 5) is 9.90. The van der Waals surface area contributed by atoms with E-state index < -0.39 is 0 Å². The molecule has 0 saturated heterocycles. The van der Waals surface area contributed by atoms with Crippen LogP contribution in [0.25, 0.3) is 21.3 Å². The Labute approximate surface area is 156 Å². The Bertz CT molecular complexity index is 1010. The van der Waals surface area contributed by atoms with Crippen molar-refractivity contribution < 1.29 is 0 Å². The number of nitrogens with zero attached hydrogens (tertiary/aromatic N) is 5. The van der Waals surface area contributed by atoms with Gasteiger partial charge in [-0.2, -0.15) is 0 Å². The van der Waals surface area contributed by atoms with E-state index in [1.807, 2.05) is 6.07 Å². The van der Waals surface area contributed by atoms with Crippen LogP contribution in [-0.2, 0) is 6.42 Å². The van der Waals surface area contributed by atoms with Crippen LogP contribution in [0.5, 0.6) is 0 Å². The molecule has 0 unspecified atom stereocenters. The third kappa shape index (κ3) is 3.17. The molecule has 0 atom stereocenters. The predicted molar refractivity (Wildman–Crippen MR) is 105 cm³/mol. The molecule has 3 heterocycles. The molecule has 4 aromatic rings. The number of anilines is 1. The highest BCUT2D eigenvalue weighted by Crippen LogP contribution is 2.36. The molecule has 0 aliphatic rings. The van der Waals surface area contributed by atoms with Gasteiger partial charge in [-0.05, 0) is 19.4 Å². The summed E-state index contributed by atoms with van der Waals surface area (Å²) in [6.07, 6.45) is 4.19. The summed E-state index contributed by atoms with van der Waals surface area (Å²) >= 11 is 1.64. The molecular weight excluding hydrogens is 344 g/mol. The lowest BCUT2D eigenvalue weighted by atomic mass is 10.1. The molecule has 0 aliphatic heterocycles. The zero-order chi connectivity index (χ0) is 17.9. The van der Waals surface area contributed by atoms with Gasteiger partial charge in [-0.25, -0.2) is 9.97 Å². The fourth-order valence-electron chi connectivity index (χ4n) is 3.01. The van der Waals surface area contributed by atoms with Gasteiger partial charge in [0.1, 0.15) is 29.1 Å². The molecule has 0 saturated carbocycles. The van der Waals surface area contributed by atoms with Crippen LogP contribution in [-0.4, -0.2) is 31.3 Å². The van der Waals surface area contributed by atoms with E-state index in [4.69, 9.17) is 0 Å². The number of rotatable bonds is 6. The molecule has 6 nitrogen and oxygen atoms in total. The summed E-state index contributed by atoms with van der Waals surface area (Å²) in [5.41, 5.74) is 2.34. The minimum absolute atomic E-state index is 0.354. The Morgan fingerprint density at radius 1 is 1.15 bits per heavy atom.